The van der Waals surface area contributed by atoms with E-state index in [0.29, 0.717) is 6.42 Å². The van der Waals surface area contributed by atoms with Gasteiger partial charge in [-0.2, -0.15) is 0 Å². The Hall–Kier alpha value is -1.12. The van der Waals surface area contributed by atoms with Gasteiger partial charge in [0.2, 0.25) is 0 Å². The number of rotatable bonds is 6. The molecule has 0 aromatic carbocycles. The second-order valence-corrected chi connectivity index (χ2v) is 2.48. The van der Waals surface area contributed by atoms with Crippen LogP contribution in [0, 0.1) is 11.8 Å². The van der Waals surface area contributed by atoms with Crippen molar-refractivity contribution in [2.75, 3.05) is 13.2 Å². The molecule has 1 atom stereocenters. The summed E-state index contributed by atoms with van der Waals surface area (Å²) in [5, 5.41) is 25.1. The van der Waals surface area contributed by atoms with Crippen molar-refractivity contribution in [3.8, 4) is 0 Å². The van der Waals surface area contributed by atoms with Crippen molar-refractivity contribution in [3.05, 3.63) is 6.57 Å². The van der Waals surface area contributed by atoms with Gasteiger partial charge in [0.25, 0.3) is 0 Å². The van der Waals surface area contributed by atoms with Gasteiger partial charge < -0.3 is 27.4 Å². The molecule has 0 saturated heterocycles. The Balaban J connectivity index is 0. The van der Waals surface area contributed by atoms with Gasteiger partial charge in [-0.05, 0) is 6.42 Å². The SMILES string of the molecule is CCC[NH2+][C@@H](CCO)C(=O)O.[C-]#N. The summed E-state index contributed by atoms with van der Waals surface area (Å²) >= 11 is 0. The molecule has 0 aromatic rings. The zero-order chi connectivity index (χ0) is 10.7. The quantitative estimate of drug-likeness (QED) is 0.460. The lowest BCUT2D eigenvalue weighted by atomic mass is 10.2. The Morgan fingerprint density at radius 1 is 1.62 bits per heavy atom. The highest BCUT2D eigenvalue weighted by molar-refractivity contribution is 5.71. The molecule has 0 amide bonds. The summed E-state index contributed by atoms with van der Waals surface area (Å²) in [5.41, 5.74) is 0. The van der Waals surface area contributed by atoms with Crippen molar-refractivity contribution in [1.29, 1.82) is 5.26 Å². The molecular formula is C8H16N2O3. The van der Waals surface area contributed by atoms with E-state index in [0.717, 1.165) is 13.0 Å². The predicted molar refractivity (Wildman–Crippen MR) is 45.2 cm³/mol. The number of hydrogen-bond donors (Lipinski definition) is 3. The smallest absolute Gasteiger partial charge is 0.362 e. The summed E-state index contributed by atoms with van der Waals surface area (Å²) in [6.45, 7) is 7.49. The maximum absolute atomic E-state index is 10.5. The first-order chi connectivity index (χ1) is 6.22. The molecule has 0 radical (unpaired) electrons. The van der Waals surface area contributed by atoms with Crippen LogP contribution in [0.5, 0.6) is 0 Å². The van der Waals surface area contributed by atoms with E-state index in [2.05, 4.69) is 0 Å². The molecule has 0 aliphatic carbocycles. The highest BCUT2D eigenvalue weighted by atomic mass is 16.4. The first-order valence-corrected chi connectivity index (χ1v) is 4.11. The van der Waals surface area contributed by atoms with Gasteiger partial charge >= 0.3 is 5.97 Å². The van der Waals surface area contributed by atoms with Crippen molar-refractivity contribution in [1.82, 2.24) is 0 Å². The number of nitrogens with zero attached hydrogens (tertiary/aromatic N) is 1. The molecule has 76 valence electrons. The van der Waals surface area contributed by atoms with Crippen LogP contribution in [0.3, 0.4) is 0 Å². The fourth-order valence-corrected chi connectivity index (χ4v) is 0.849. The Morgan fingerprint density at radius 2 is 2.15 bits per heavy atom. The molecule has 0 heterocycles. The van der Waals surface area contributed by atoms with E-state index in [1.807, 2.05) is 6.92 Å². The minimum atomic E-state index is -0.840. The van der Waals surface area contributed by atoms with Crippen LogP contribution in [-0.4, -0.2) is 35.4 Å². The molecule has 0 aliphatic heterocycles. The standard InChI is InChI=1S/C7H15NO3.CN/c1-2-4-8-6(3-5-9)7(10)11;1-2/h6,8-9H,2-5H2,1H3,(H,10,11);/q;-1/p+1/t6-;/m0./s1. The lowest BCUT2D eigenvalue weighted by Crippen LogP contribution is -2.92. The van der Waals surface area contributed by atoms with Gasteiger partial charge in [0.1, 0.15) is 0 Å². The molecule has 0 fully saturated rings. The van der Waals surface area contributed by atoms with Gasteiger partial charge in [-0.25, -0.2) is 4.79 Å². The van der Waals surface area contributed by atoms with Crippen LogP contribution < -0.4 is 5.32 Å². The average molecular weight is 188 g/mol. The molecule has 0 spiro atoms. The van der Waals surface area contributed by atoms with Crippen LogP contribution >= 0.6 is 0 Å². The van der Waals surface area contributed by atoms with Crippen molar-refractivity contribution in [2.24, 2.45) is 0 Å². The lowest BCUT2D eigenvalue weighted by Gasteiger charge is -2.07. The molecule has 13 heavy (non-hydrogen) atoms. The van der Waals surface area contributed by atoms with Gasteiger partial charge in [0.15, 0.2) is 6.04 Å². The summed E-state index contributed by atoms with van der Waals surface area (Å²) in [6, 6.07) is -0.472. The number of aliphatic hydroxyl groups is 1. The van der Waals surface area contributed by atoms with Crippen molar-refractivity contribution in [3.63, 3.8) is 0 Å². The Kier molecular flexibility index (Phi) is 12.1. The summed E-state index contributed by atoms with van der Waals surface area (Å²) in [6.07, 6.45) is 1.28. The number of carboxylic acids is 1. The number of quaternary nitrogens is 1. The molecule has 5 nitrogen and oxygen atoms in total. The monoisotopic (exact) mass is 188 g/mol. The number of nitrogens with two attached hydrogens (primary N) is 1. The maximum atomic E-state index is 10.5. The van der Waals surface area contributed by atoms with Crippen LogP contribution in [0.4, 0.5) is 0 Å². The molecule has 0 unspecified atom stereocenters. The zero-order valence-electron chi connectivity index (χ0n) is 7.73. The van der Waals surface area contributed by atoms with E-state index < -0.39 is 12.0 Å². The third-order valence-electron chi connectivity index (χ3n) is 1.50. The van der Waals surface area contributed by atoms with Crippen LogP contribution in [0.1, 0.15) is 19.8 Å². The molecule has 0 aromatic heterocycles. The number of aliphatic carboxylic acids is 1. The minimum Gasteiger partial charge on any atom is -0.512 e. The van der Waals surface area contributed by atoms with E-state index >= 15 is 0 Å². The van der Waals surface area contributed by atoms with Gasteiger partial charge in [0, 0.05) is 13.0 Å². The van der Waals surface area contributed by atoms with Gasteiger partial charge in [-0.1, -0.05) is 6.92 Å². The minimum absolute atomic E-state index is 0.0584. The van der Waals surface area contributed by atoms with Gasteiger partial charge in [-0.3, -0.25) is 0 Å². The second-order valence-electron chi connectivity index (χ2n) is 2.48. The normalized spacial score (nSPS) is 11.1. The van der Waals surface area contributed by atoms with Crippen molar-refractivity contribution in [2.45, 2.75) is 25.8 Å². The third kappa shape index (κ3) is 8.79. The third-order valence-corrected chi connectivity index (χ3v) is 1.50. The largest absolute Gasteiger partial charge is 0.512 e. The topological polar surface area (TPSA) is 97.9 Å². The Morgan fingerprint density at radius 3 is 2.46 bits per heavy atom. The Labute approximate surface area is 78.0 Å². The number of aliphatic hydroxyl groups excluding tert-OH is 1. The van der Waals surface area contributed by atoms with Crippen LogP contribution in [0.15, 0.2) is 0 Å². The fraction of sp³-hybridized carbons (Fsp3) is 0.750. The fourth-order valence-electron chi connectivity index (χ4n) is 0.849. The van der Waals surface area contributed by atoms with E-state index in [1.165, 1.54) is 0 Å². The number of hydrogen-bond acceptors (Lipinski definition) is 3. The first-order valence-electron chi connectivity index (χ1n) is 4.11. The number of carboxylic acid groups (broad SMARTS) is 1. The first kappa shape index (κ1) is 14.4. The van der Waals surface area contributed by atoms with E-state index in [9.17, 15) is 4.79 Å². The molecule has 0 aliphatic rings. The van der Waals surface area contributed by atoms with Crippen molar-refractivity contribution >= 4 is 5.97 Å². The maximum Gasteiger partial charge on any atom is 0.362 e. The second kappa shape index (κ2) is 10.9. The molecular weight excluding hydrogens is 172 g/mol. The van der Waals surface area contributed by atoms with Crippen LogP contribution in [0.2, 0.25) is 0 Å². The highest BCUT2D eigenvalue weighted by Gasteiger charge is 2.18. The molecule has 0 saturated carbocycles. The zero-order valence-corrected chi connectivity index (χ0v) is 7.73. The average Bonchev–Trinajstić information content (AvgIpc) is 2.15. The summed E-state index contributed by atoms with van der Waals surface area (Å²) in [4.78, 5) is 10.5. The van der Waals surface area contributed by atoms with Crippen molar-refractivity contribution < 1.29 is 20.3 Å². The number of carbonyl (C=O) groups is 1. The Bertz CT molecular complexity index is 148. The molecule has 0 bridgehead atoms. The van der Waals surface area contributed by atoms with E-state index in [4.69, 9.17) is 22.0 Å². The summed E-state index contributed by atoms with van der Waals surface area (Å²) < 4.78 is 0. The molecule has 4 N–H and O–H groups in total. The highest BCUT2D eigenvalue weighted by Crippen LogP contribution is 1.83. The molecule has 0 rings (SSSR count). The van der Waals surface area contributed by atoms with E-state index in [-0.39, 0.29) is 6.61 Å². The molecule has 5 heteroatoms. The van der Waals surface area contributed by atoms with E-state index in [1.54, 1.807) is 5.32 Å². The van der Waals surface area contributed by atoms with Crippen LogP contribution in [0.25, 0.3) is 0 Å². The summed E-state index contributed by atoms with van der Waals surface area (Å²) in [5.74, 6) is -0.840. The predicted octanol–water partition coefficient (Wildman–Crippen LogP) is -1.11. The van der Waals surface area contributed by atoms with Gasteiger partial charge in [-0.15, -0.1) is 0 Å². The lowest BCUT2D eigenvalue weighted by molar-refractivity contribution is -0.678. The van der Waals surface area contributed by atoms with Gasteiger partial charge in [0.05, 0.1) is 6.54 Å². The summed E-state index contributed by atoms with van der Waals surface area (Å²) in [7, 11) is 0. The van der Waals surface area contributed by atoms with Crippen LogP contribution in [-0.2, 0) is 4.79 Å².